The molecule has 0 heteroatoms. The smallest absolute Gasteiger partial charge is 0.00445 e. The fraction of sp³-hybridized carbons (Fsp3) is 0.852. The second-order valence-electron chi connectivity index (χ2n) is 11.6. The molecule has 0 heterocycles. The van der Waals surface area contributed by atoms with Crippen molar-refractivity contribution in [2.45, 2.75) is 105 Å². The van der Waals surface area contributed by atoms with Crippen LogP contribution in [-0.2, 0) is 0 Å². The van der Waals surface area contributed by atoms with Gasteiger partial charge < -0.3 is 0 Å². The van der Waals surface area contributed by atoms with E-state index in [-0.39, 0.29) is 0 Å². The molecule has 2 fully saturated rings. The first-order chi connectivity index (χ1) is 12.9. The first-order valence-electron chi connectivity index (χ1n) is 12.3. The molecular weight excluding hydrogens is 324 g/mol. The van der Waals surface area contributed by atoms with Gasteiger partial charge in [-0.15, -0.1) is 0 Å². The standard InChI is InChI=1S/C27H44/c1-19(2)9-8-10-20(3)23-14-15-24-22-13-12-21-11-6-7-17-26(21,4)25(22)16-18-27(23,24)5/h13,16,19-21,23-24H,6-12,14-15,17-18H2,1-5H3/t20-,21?,23-,24+,26+,27-/m1/s1. The zero-order valence-corrected chi connectivity index (χ0v) is 18.8. The maximum Gasteiger partial charge on any atom is -0.00445 e. The lowest BCUT2D eigenvalue weighted by Crippen LogP contribution is -2.42. The van der Waals surface area contributed by atoms with Gasteiger partial charge in [0.25, 0.3) is 0 Å². The van der Waals surface area contributed by atoms with Crippen molar-refractivity contribution in [3.8, 4) is 0 Å². The first-order valence-corrected chi connectivity index (χ1v) is 12.3. The number of allylic oxidation sites excluding steroid dienone is 4. The molecule has 4 aliphatic carbocycles. The highest BCUT2D eigenvalue weighted by Crippen LogP contribution is 2.64. The Hall–Kier alpha value is -0.520. The van der Waals surface area contributed by atoms with Gasteiger partial charge in [0.2, 0.25) is 0 Å². The van der Waals surface area contributed by atoms with Crippen molar-refractivity contribution >= 4 is 0 Å². The van der Waals surface area contributed by atoms with Crippen LogP contribution in [0.3, 0.4) is 0 Å². The Morgan fingerprint density at radius 1 is 1.00 bits per heavy atom. The van der Waals surface area contributed by atoms with E-state index in [2.05, 4.69) is 46.8 Å². The van der Waals surface area contributed by atoms with Crippen LogP contribution in [0.25, 0.3) is 0 Å². The maximum atomic E-state index is 2.75. The minimum atomic E-state index is 0.505. The minimum Gasteiger partial charge on any atom is -0.0804 e. The molecule has 4 aliphatic rings. The third-order valence-corrected chi connectivity index (χ3v) is 9.61. The lowest BCUT2D eigenvalue weighted by Gasteiger charge is -2.53. The average molecular weight is 369 g/mol. The van der Waals surface area contributed by atoms with E-state index >= 15 is 0 Å². The summed E-state index contributed by atoms with van der Waals surface area (Å²) in [5, 5.41) is 0. The molecule has 27 heavy (non-hydrogen) atoms. The van der Waals surface area contributed by atoms with Crippen LogP contribution in [0.4, 0.5) is 0 Å². The molecule has 152 valence electrons. The third-order valence-electron chi connectivity index (χ3n) is 9.61. The highest BCUT2D eigenvalue weighted by atomic mass is 14.6. The SMILES string of the molecule is CC(C)CCC[C@@H](C)[C@H]1CC[C@H]2C3=CCC4CCCC[C@]4(C)C3=CC[C@]12C. The molecule has 4 rings (SSSR count). The Labute approximate surface area is 169 Å². The molecular formula is C27H44. The second kappa shape index (κ2) is 7.38. The zero-order chi connectivity index (χ0) is 19.2. The summed E-state index contributed by atoms with van der Waals surface area (Å²) in [7, 11) is 0. The maximum absolute atomic E-state index is 2.75. The van der Waals surface area contributed by atoms with Crippen molar-refractivity contribution in [3.05, 3.63) is 23.3 Å². The number of hydrogen-bond donors (Lipinski definition) is 0. The van der Waals surface area contributed by atoms with Gasteiger partial charge in [0.1, 0.15) is 0 Å². The van der Waals surface area contributed by atoms with E-state index in [0.717, 1.165) is 29.6 Å². The molecule has 0 amide bonds. The molecule has 2 saturated carbocycles. The van der Waals surface area contributed by atoms with Gasteiger partial charge in [-0.3, -0.25) is 0 Å². The molecule has 1 unspecified atom stereocenters. The monoisotopic (exact) mass is 368 g/mol. The second-order valence-corrected chi connectivity index (χ2v) is 11.6. The molecule has 0 aliphatic heterocycles. The fourth-order valence-corrected chi connectivity index (χ4v) is 7.90. The van der Waals surface area contributed by atoms with Gasteiger partial charge >= 0.3 is 0 Å². The van der Waals surface area contributed by atoms with E-state index in [4.69, 9.17) is 0 Å². The lowest BCUT2D eigenvalue weighted by molar-refractivity contribution is 0.101. The summed E-state index contributed by atoms with van der Waals surface area (Å²) in [4.78, 5) is 0. The van der Waals surface area contributed by atoms with Crippen LogP contribution < -0.4 is 0 Å². The van der Waals surface area contributed by atoms with Crippen LogP contribution in [-0.4, -0.2) is 0 Å². The van der Waals surface area contributed by atoms with Gasteiger partial charge in [0.15, 0.2) is 0 Å². The molecule has 0 bridgehead atoms. The topological polar surface area (TPSA) is 0 Å². The van der Waals surface area contributed by atoms with Crippen molar-refractivity contribution in [2.75, 3.05) is 0 Å². The number of hydrogen-bond acceptors (Lipinski definition) is 0. The predicted octanol–water partition coefficient (Wildman–Crippen LogP) is 8.34. The van der Waals surface area contributed by atoms with Gasteiger partial charge in [-0.25, -0.2) is 0 Å². The van der Waals surface area contributed by atoms with E-state index in [1.165, 1.54) is 70.6 Å². The van der Waals surface area contributed by atoms with Gasteiger partial charge in [-0.1, -0.05) is 78.9 Å². The van der Waals surface area contributed by atoms with E-state index in [9.17, 15) is 0 Å². The summed E-state index contributed by atoms with van der Waals surface area (Å²) in [6.45, 7) is 12.6. The van der Waals surface area contributed by atoms with Crippen molar-refractivity contribution in [1.82, 2.24) is 0 Å². The Balaban J connectivity index is 1.54. The van der Waals surface area contributed by atoms with Crippen molar-refractivity contribution < 1.29 is 0 Å². The van der Waals surface area contributed by atoms with E-state index in [1.807, 2.05) is 11.1 Å². The highest BCUT2D eigenvalue weighted by molar-refractivity contribution is 5.46. The molecule has 0 spiro atoms. The van der Waals surface area contributed by atoms with E-state index in [0.29, 0.717) is 10.8 Å². The Bertz CT molecular complexity index is 608. The summed E-state index contributed by atoms with van der Waals surface area (Å²) in [5.74, 6) is 4.48. The summed E-state index contributed by atoms with van der Waals surface area (Å²) < 4.78 is 0. The summed E-state index contributed by atoms with van der Waals surface area (Å²) in [6.07, 6.45) is 21.2. The normalized spacial score (nSPS) is 42.1. The lowest BCUT2D eigenvalue weighted by atomic mass is 9.52. The quantitative estimate of drug-likeness (QED) is 0.457. The molecule has 0 aromatic rings. The van der Waals surface area contributed by atoms with Crippen molar-refractivity contribution in [2.24, 2.45) is 40.4 Å². The van der Waals surface area contributed by atoms with Crippen LogP contribution in [0.2, 0.25) is 0 Å². The van der Waals surface area contributed by atoms with Gasteiger partial charge in [-0.05, 0) is 90.1 Å². The Morgan fingerprint density at radius 3 is 2.59 bits per heavy atom. The molecule has 0 N–H and O–H groups in total. The molecule has 0 nitrogen and oxygen atoms in total. The summed E-state index contributed by atoms with van der Waals surface area (Å²) >= 11 is 0. The third kappa shape index (κ3) is 3.28. The highest BCUT2D eigenvalue weighted by Gasteiger charge is 2.54. The number of rotatable bonds is 5. The van der Waals surface area contributed by atoms with Crippen LogP contribution in [0.15, 0.2) is 23.3 Å². The van der Waals surface area contributed by atoms with Crippen LogP contribution >= 0.6 is 0 Å². The average Bonchev–Trinajstić information content (AvgIpc) is 2.98. The van der Waals surface area contributed by atoms with Crippen LogP contribution in [0.5, 0.6) is 0 Å². The molecule has 0 radical (unpaired) electrons. The summed E-state index contributed by atoms with van der Waals surface area (Å²) in [5.41, 5.74) is 4.67. The molecule has 0 aromatic carbocycles. The number of fused-ring (bicyclic) bond motifs is 5. The predicted molar refractivity (Wildman–Crippen MR) is 118 cm³/mol. The van der Waals surface area contributed by atoms with E-state index < -0.39 is 0 Å². The molecule has 0 aromatic heterocycles. The van der Waals surface area contributed by atoms with Crippen molar-refractivity contribution in [3.63, 3.8) is 0 Å². The molecule has 6 atom stereocenters. The van der Waals surface area contributed by atoms with Gasteiger partial charge in [0.05, 0.1) is 0 Å². The zero-order valence-electron chi connectivity index (χ0n) is 18.8. The van der Waals surface area contributed by atoms with Gasteiger partial charge in [0, 0.05) is 0 Å². The van der Waals surface area contributed by atoms with Crippen LogP contribution in [0, 0.1) is 40.4 Å². The first kappa shape index (κ1) is 19.8. The largest absolute Gasteiger partial charge is 0.0804 e. The molecule has 0 saturated heterocycles. The fourth-order valence-electron chi connectivity index (χ4n) is 7.90. The van der Waals surface area contributed by atoms with Crippen LogP contribution in [0.1, 0.15) is 105 Å². The minimum absolute atomic E-state index is 0.505. The van der Waals surface area contributed by atoms with Gasteiger partial charge in [-0.2, -0.15) is 0 Å². The van der Waals surface area contributed by atoms with E-state index in [1.54, 1.807) is 0 Å². The Morgan fingerprint density at radius 2 is 1.81 bits per heavy atom. The summed E-state index contributed by atoms with van der Waals surface area (Å²) in [6, 6.07) is 0. The van der Waals surface area contributed by atoms with Crippen molar-refractivity contribution in [1.29, 1.82) is 0 Å². The Kier molecular flexibility index (Phi) is 5.41.